The molecule has 0 radical (unpaired) electrons. The van der Waals surface area contributed by atoms with Crippen LogP contribution in [0, 0.1) is 5.92 Å². The standard InChI is InChI=1S/C18H21NO3/c1-19-8-7-18-11-4-5-13(20)17(18)22-16-14(21-2)6-3-10(15(16)18)9-12(11)19/h3,6,11-12,17H,4-5,7-9H2,1-2H3/t11-,12+,17?,18-/m0/s1/i1D3,2D3,3D,5D2,6D. The number of Topliss-reactive ketones (excluding diaryl/α,β-unsaturated/α-hetero) is 1. The van der Waals surface area contributed by atoms with Gasteiger partial charge in [-0.05, 0) is 50.3 Å². The second-order valence-corrected chi connectivity index (χ2v) is 6.47. The van der Waals surface area contributed by atoms with Gasteiger partial charge in [-0.3, -0.25) is 4.79 Å². The largest absolute Gasteiger partial charge is 0.493 e. The molecular weight excluding hydrogens is 278 g/mol. The predicted molar refractivity (Wildman–Crippen MR) is 81.6 cm³/mol. The highest BCUT2D eigenvalue weighted by atomic mass is 16.5. The fraction of sp³-hybridized carbons (Fsp3) is 0.611. The number of benzene rings is 1. The molecule has 2 aliphatic heterocycles. The number of likely N-dealkylation sites (tertiary alicyclic amines) is 1. The van der Waals surface area contributed by atoms with Gasteiger partial charge in [0, 0.05) is 30.2 Å². The lowest BCUT2D eigenvalue weighted by molar-refractivity contribution is -0.138. The molecule has 2 heterocycles. The van der Waals surface area contributed by atoms with Gasteiger partial charge < -0.3 is 14.4 Å². The Bertz CT molecular complexity index is 1040. The van der Waals surface area contributed by atoms with Crippen molar-refractivity contribution >= 4 is 5.78 Å². The number of hydrogen-bond donors (Lipinski definition) is 0. The summed E-state index contributed by atoms with van der Waals surface area (Å²) in [5.74, 6) is -1.95. The number of nitrogens with zero attached hydrogens (tertiary/aromatic N) is 1. The Morgan fingerprint density at radius 1 is 1.59 bits per heavy atom. The summed E-state index contributed by atoms with van der Waals surface area (Å²) in [6.07, 6.45) is -3.53. The van der Waals surface area contributed by atoms with Gasteiger partial charge >= 0.3 is 0 Å². The maximum Gasteiger partial charge on any atom is 0.174 e. The summed E-state index contributed by atoms with van der Waals surface area (Å²) in [6.45, 7) is -2.34. The normalized spacial score (nSPS) is 48.5. The number of rotatable bonds is 1. The highest BCUT2D eigenvalue weighted by molar-refractivity contribution is 5.89. The van der Waals surface area contributed by atoms with Crippen LogP contribution < -0.4 is 9.47 Å². The summed E-state index contributed by atoms with van der Waals surface area (Å²) >= 11 is 0. The SMILES string of the molecule is [2H]c1c([2H])c(OC([2H])([2H])[2H])c2c3c1C[C@@H]1[C@@H]4CC([2H])([2H])C(=O)C(O2)[C@]34CCN1C([2H])([2H])[2H]. The number of likely N-dealkylation sites (N-methyl/N-ethyl adjacent to an activating group) is 1. The Morgan fingerprint density at radius 2 is 2.55 bits per heavy atom. The van der Waals surface area contributed by atoms with Crippen LogP contribution in [0.3, 0.4) is 0 Å². The zero-order valence-electron chi connectivity index (χ0n) is 21.7. The third kappa shape index (κ3) is 1.27. The van der Waals surface area contributed by atoms with Crippen molar-refractivity contribution in [3.63, 3.8) is 0 Å². The van der Waals surface area contributed by atoms with Crippen molar-refractivity contribution in [2.75, 3.05) is 20.6 Å². The van der Waals surface area contributed by atoms with E-state index in [0.717, 1.165) is 0 Å². The maximum atomic E-state index is 13.1. The topological polar surface area (TPSA) is 38.8 Å². The second kappa shape index (κ2) is 4.05. The van der Waals surface area contributed by atoms with Gasteiger partial charge in [-0.25, -0.2) is 0 Å². The molecule has 0 amide bonds. The number of ketones is 1. The van der Waals surface area contributed by atoms with E-state index in [1.54, 1.807) is 0 Å². The lowest BCUT2D eigenvalue weighted by Gasteiger charge is -2.57. The van der Waals surface area contributed by atoms with Crippen LogP contribution in [0.15, 0.2) is 12.1 Å². The molecule has 1 aromatic carbocycles. The molecule has 4 nitrogen and oxygen atoms in total. The zero-order chi connectivity index (χ0) is 23.6. The monoisotopic (exact) mass is 309 g/mol. The third-order valence-electron chi connectivity index (χ3n) is 5.77. The van der Waals surface area contributed by atoms with Crippen LogP contribution in [0.1, 0.15) is 44.0 Å². The van der Waals surface area contributed by atoms with E-state index < -0.39 is 61.4 Å². The van der Waals surface area contributed by atoms with Crippen molar-refractivity contribution in [1.29, 1.82) is 0 Å². The van der Waals surface area contributed by atoms with Crippen molar-refractivity contribution in [2.45, 2.75) is 43.2 Å². The van der Waals surface area contributed by atoms with Crippen molar-refractivity contribution in [2.24, 2.45) is 5.92 Å². The molecule has 0 N–H and O–H groups in total. The minimum atomic E-state index is -2.93. The van der Waals surface area contributed by atoms with Crippen LogP contribution in [0.4, 0.5) is 0 Å². The van der Waals surface area contributed by atoms with E-state index in [1.165, 1.54) is 4.90 Å². The molecule has 1 saturated heterocycles. The molecule has 22 heavy (non-hydrogen) atoms. The zero-order valence-corrected chi connectivity index (χ0v) is 11.7. The van der Waals surface area contributed by atoms with Crippen LogP contribution in [-0.2, 0) is 16.6 Å². The van der Waals surface area contributed by atoms with E-state index in [2.05, 4.69) is 0 Å². The average molecular weight is 309 g/mol. The maximum absolute atomic E-state index is 13.1. The molecule has 116 valence electrons. The van der Waals surface area contributed by atoms with Crippen LogP contribution >= 0.6 is 0 Å². The summed E-state index contributed by atoms with van der Waals surface area (Å²) in [6, 6.07) is -1.48. The molecule has 2 aliphatic carbocycles. The molecule has 1 spiro atoms. The minimum Gasteiger partial charge on any atom is -0.493 e. The van der Waals surface area contributed by atoms with Crippen LogP contribution in [0.5, 0.6) is 11.5 Å². The van der Waals surface area contributed by atoms with E-state index in [-0.39, 0.29) is 37.6 Å². The van der Waals surface area contributed by atoms with Gasteiger partial charge in [0.1, 0.15) is 0 Å². The molecule has 1 saturated carbocycles. The lowest BCUT2D eigenvalue weighted by atomic mass is 9.52. The number of carbonyl (C=O) groups excluding carboxylic acids is 1. The van der Waals surface area contributed by atoms with E-state index in [1.807, 2.05) is 0 Å². The van der Waals surface area contributed by atoms with E-state index in [4.69, 9.17) is 23.2 Å². The van der Waals surface area contributed by atoms with Gasteiger partial charge in [0.05, 0.1) is 13.9 Å². The van der Waals surface area contributed by atoms with Gasteiger partial charge in [0.2, 0.25) is 0 Å². The first-order chi connectivity index (χ1) is 14.6. The quantitative estimate of drug-likeness (QED) is 0.795. The third-order valence-corrected chi connectivity index (χ3v) is 5.77. The number of carbonyl (C=O) groups is 1. The van der Waals surface area contributed by atoms with Crippen molar-refractivity contribution in [1.82, 2.24) is 4.90 Å². The molecule has 2 fully saturated rings. The van der Waals surface area contributed by atoms with Crippen LogP contribution in [0.2, 0.25) is 0 Å². The van der Waals surface area contributed by atoms with Gasteiger partial charge in [-0.2, -0.15) is 0 Å². The average Bonchev–Trinajstić information content (AvgIpc) is 2.96. The highest BCUT2D eigenvalue weighted by Crippen LogP contribution is 2.62. The summed E-state index contributed by atoms with van der Waals surface area (Å²) in [5, 5.41) is 0. The Balaban J connectivity index is 1.80. The second-order valence-electron chi connectivity index (χ2n) is 6.47. The predicted octanol–water partition coefficient (Wildman–Crippen LogP) is 1.93. The highest BCUT2D eigenvalue weighted by Gasteiger charge is 2.65. The summed E-state index contributed by atoms with van der Waals surface area (Å²) in [5.41, 5.74) is -0.331. The fourth-order valence-corrected chi connectivity index (χ4v) is 4.91. The van der Waals surface area contributed by atoms with Crippen molar-refractivity contribution in [3.05, 3.63) is 23.2 Å². The molecule has 1 aromatic rings. The van der Waals surface area contributed by atoms with Gasteiger partial charge in [-0.15, -0.1) is 0 Å². The molecule has 1 unspecified atom stereocenters. The Labute approximate surface area is 144 Å². The summed E-state index contributed by atoms with van der Waals surface area (Å²) in [4.78, 5) is 14.5. The van der Waals surface area contributed by atoms with Crippen molar-refractivity contribution in [3.8, 4) is 11.5 Å². The summed E-state index contributed by atoms with van der Waals surface area (Å²) < 4.78 is 90.8. The van der Waals surface area contributed by atoms with Crippen LogP contribution in [-0.4, -0.2) is 43.4 Å². The molecule has 4 aliphatic rings. The first-order valence-electron chi connectivity index (χ1n) is 12.4. The molecule has 5 rings (SSSR count). The molecule has 4 heteroatoms. The fourth-order valence-electron chi connectivity index (χ4n) is 4.91. The Morgan fingerprint density at radius 3 is 3.41 bits per heavy atom. The number of ether oxygens (including phenoxy) is 2. The first-order valence-corrected chi connectivity index (χ1v) is 7.43. The Kier molecular flexibility index (Phi) is 1.20. The van der Waals surface area contributed by atoms with E-state index in [9.17, 15) is 4.79 Å². The Hall–Kier alpha value is -1.55. The molecular formula is C18H21NO3. The van der Waals surface area contributed by atoms with E-state index >= 15 is 0 Å². The summed E-state index contributed by atoms with van der Waals surface area (Å²) in [7, 11) is -2.93. The van der Waals surface area contributed by atoms with Crippen LogP contribution in [0.25, 0.3) is 0 Å². The number of hydrogen-bond acceptors (Lipinski definition) is 4. The lowest BCUT2D eigenvalue weighted by Crippen LogP contribution is -2.65. The molecule has 4 atom stereocenters. The van der Waals surface area contributed by atoms with Crippen molar-refractivity contribution < 1.29 is 28.0 Å². The number of methoxy groups -OCH3 is 1. The number of piperidine rings is 1. The smallest absolute Gasteiger partial charge is 0.174 e. The van der Waals surface area contributed by atoms with E-state index in [0.29, 0.717) is 11.1 Å². The van der Waals surface area contributed by atoms with Gasteiger partial charge in [0.25, 0.3) is 0 Å². The van der Waals surface area contributed by atoms with Gasteiger partial charge in [-0.1, -0.05) is 6.04 Å². The molecule has 2 bridgehead atoms. The first kappa shape index (κ1) is 6.52. The molecule has 0 aromatic heterocycles. The van der Waals surface area contributed by atoms with Gasteiger partial charge in [0.15, 0.2) is 23.4 Å². The minimum absolute atomic E-state index is 0.0618.